The Morgan fingerprint density at radius 2 is 2.11 bits per heavy atom. The average Bonchev–Trinajstić information content (AvgIpc) is 2.38. The normalized spacial score (nSPS) is 10.9. The van der Waals surface area contributed by atoms with Crippen LogP contribution in [0, 0.1) is 5.92 Å². The Morgan fingerprint density at radius 3 is 2.84 bits per heavy atom. The van der Waals surface area contributed by atoms with Crippen LogP contribution >= 0.6 is 0 Å². The molecular formula is C14H17N3O2. The van der Waals surface area contributed by atoms with Crippen LogP contribution in [0.1, 0.15) is 30.9 Å². The first-order chi connectivity index (χ1) is 9.08. The fourth-order valence-electron chi connectivity index (χ4n) is 1.75. The molecule has 1 heterocycles. The van der Waals surface area contributed by atoms with E-state index in [1.807, 2.05) is 0 Å². The Morgan fingerprint density at radius 1 is 1.37 bits per heavy atom. The maximum Gasteiger partial charge on any atom is 0.287 e. The van der Waals surface area contributed by atoms with Gasteiger partial charge < -0.3 is 10.3 Å². The molecule has 0 aliphatic rings. The molecule has 1 aromatic carbocycles. The van der Waals surface area contributed by atoms with Crippen molar-refractivity contribution >= 4 is 16.8 Å². The molecule has 0 saturated carbocycles. The lowest BCUT2D eigenvalue weighted by Crippen LogP contribution is -2.29. The van der Waals surface area contributed by atoms with Crippen LogP contribution < -0.4 is 10.9 Å². The third-order valence-corrected chi connectivity index (χ3v) is 2.84. The Hall–Kier alpha value is -2.17. The van der Waals surface area contributed by atoms with E-state index in [2.05, 4.69) is 29.1 Å². The van der Waals surface area contributed by atoms with Gasteiger partial charge in [0.05, 0.1) is 10.9 Å². The number of hydrogen-bond donors (Lipinski definition) is 2. The van der Waals surface area contributed by atoms with Gasteiger partial charge in [-0.1, -0.05) is 26.0 Å². The van der Waals surface area contributed by atoms with Crippen molar-refractivity contribution in [2.75, 3.05) is 6.54 Å². The van der Waals surface area contributed by atoms with Gasteiger partial charge in [0, 0.05) is 6.54 Å². The molecule has 0 unspecified atom stereocenters. The summed E-state index contributed by atoms with van der Waals surface area (Å²) in [6.07, 6.45) is 0.892. The van der Waals surface area contributed by atoms with Gasteiger partial charge in [-0.2, -0.15) is 0 Å². The van der Waals surface area contributed by atoms with Crippen LogP contribution in [0.4, 0.5) is 0 Å². The summed E-state index contributed by atoms with van der Waals surface area (Å²) >= 11 is 0. The Kier molecular flexibility index (Phi) is 3.94. The molecule has 100 valence electrons. The van der Waals surface area contributed by atoms with Crippen molar-refractivity contribution in [3.63, 3.8) is 0 Å². The Balaban J connectivity index is 2.21. The van der Waals surface area contributed by atoms with Crippen molar-refractivity contribution in [1.82, 2.24) is 15.3 Å². The molecule has 0 fully saturated rings. The highest BCUT2D eigenvalue weighted by atomic mass is 16.2. The molecule has 0 aliphatic heterocycles. The largest absolute Gasteiger partial charge is 0.349 e. The van der Waals surface area contributed by atoms with E-state index in [0.29, 0.717) is 23.4 Å². The highest BCUT2D eigenvalue weighted by molar-refractivity contribution is 5.92. The molecule has 2 aromatic rings. The second-order valence-corrected chi connectivity index (χ2v) is 4.87. The van der Waals surface area contributed by atoms with E-state index >= 15 is 0 Å². The van der Waals surface area contributed by atoms with Crippen LogP contribution in [0.3, 0.4) is 0 Å². The molecule has 1 amide bonds. The number of hydrogen-bond acceptors (Lipinski definition) is 3. The number of H-pyrrole nitrogens is 1. The van der Waals surface area contributed by atoms with Crippen LogP contribution in [0.2, 0.25) is 0 Å². The fourth-order valence-corrected chi connectivity index (χ4v) is 1.75. The quantitative estimate of drug-likeness (QED) is 0.877. The summed E-state index contributed by atoms with van der Waals surface area (Å²) in [5.74, 6) is 0.236. The topological polar surface area (TPSA) is 74.8 Å². The number of aromatic nitrogens is 2. The lowest BCUT2D eigenvalue weighted by molar-refractivity contribution is 0.0941. The van der Waals surface area contributed by atoms with Crippen LogP contribution in [0.25, 0.3) is 10.9 Å². The molecule has 19 heavy (non-hydrogen) atoms. The van der Waals surface area contributed by atoms with Gasteiger partial charge in [0.1, 0.15) is 0 Å². The van der Waals surface area contributed by atoms with Gasteiger partial charge in [-0.05, 0) is 24.5 Å². The predicted octanol–water partition coefficient (Wildman–Crippen LogP) is 1.70. The summed E-state index contributed by atoms with van der Waals surface area (Å²) in [5.41, 5.74) is 0.236. The average molecular weight is 259 g/mol. The zero-order valence-electron chi connectivity index (χ0n) is 11.1. The molecule has 1 aromatic heterocycles. The smallest absolute Gasteiger partial charge is 0.287 e. The number of carbonyl (C=O) groups excluding carboxylic acids is 1. The van der Waals surface area contributed by atoms with Crippen LogP contribution in [-0.4, -0.2) is 22.4 Å². The molecule has 5 nitrogen and oxygen atoms in total. The Labute approximate surface area is 111 Å². The number of nitrogens with one attached hydrogen (secondary N) is 2. The first-order valence-electron chi connectivity index (χ1n) is 6.35. The standard InChI is InChI=1S/C14H17N3O2/c1-9(2)7-8-15-14(19)12-16-11-6-4-3-5-10(11)13(18)17-12/h3-6,9H,7-8H2,1-2H3,(H,15,19)(H,16,17,18). The molecule has 0 aliphatic carbocycles. The van der Waals surface area contributed by atoms with E-state index in [9.17, 15) is 9.59 Å². The van der Waals surface area contributed by atoms with Gasteiger partial charge in [-0.25, -0.2) is 4.98 Å². The maximum absolute atomic E-state index is 11.9. The van der Waals surface area contributed by atoms with Crippen LogP contribution in [-0.2, 0) is 0 Å². The molecule has 0 bridgehead atoms. The minimum atomic E-state index is -0.344. The van der Waals surface area contributed by atoms with Crippen LogP contribution in [0.15, 0.2) is 29.1 Å². The van der Waals surface area contributed by atoms with E-state index in [1.165, 1.54) is 0 Å². The lowest BCUT2D eigenvalue weighted by atomic mass is 10.1. The monoisotopic (exact) mass is 259 g/mol. The van der Waals surface area contributed by atoms with E-state index in [0.717, 1.165) is 6.42 Å². The summed E-state index contributed by atoms with van der Waals surface area (Å²) in [6.45, 7) is 4.75. The number of fused-ring (bicyclic) bond motifs is 1. The minimum absolute atomic E-state index is 0.0625. The zero-order chi connectivity index (χ0) is 13.8. The molecule has 2 N–H and O–H groups in total. The minimum Gasteiger partial charge on any atom is -0.349 e. The first kappa shape index (κ1) is 13.3. The highest BCUT2D eigenvalue weighted by Crippen LogP contribution is 2.05. The second kappa shape index (κ2) is 5.65. The van der Waals surface area contributed by atoms with Crippen molar-refractivity contribution in [3.8, 4) is 0 Å². The summed E-state index contributed by atoms with van der Waals surface area (Å²) in [4.78, 5) is 30.4. The molecule has 5 heteroatoms. The predicted molar refractivity (Wildman–Crippen MR) is 74.2 cm³/mol. The van der Waals surface area contributed by atoms with Gasteiger partial charge in [0.25, 0.3) is 11.5 Å². The van der Waals surface area contributed by atoms with Gasteiger partial charge >= 0.3 is 0 Å². The SMILES string of the molecule is CC(C)CCNC(=O)c1nc2ccccc2c(=O)[nH]1. The number of para-hydroxylation sites is 1. The Bertz CT molecular complexity index is 646. The molecule has 0 spiro atoms. The van der Waals surface area contributed by atoms with Crippen molar-refractivity contribution in [3.05, 3.63) is 40.4 Å². The summed E-state index contributed by atoms with van der Waals surface area (Å²) in [7, 11) is 0. The van der Waals surface area contributed by atoms with Gasteiger partial charge in [-0.15, -0.1) is 0 Å². The summed E-state index contributed by atoms with van der Waals surface area (Å²) in [5, 5.41) is 3.24. The fraction of sp³-hybridized carbons (Fsp3) is 0.357. The van der Waals surface area contributed by atoms with Gasteiger partial charge in [-0.3, -0.25) is 9.59 Å². The lowest BCUT2D eigenvalue weighted by Gasteiger charge is -2.07. The number of nitrogens with zero attached hydrogens (tertiary/aromatic N) is 1. The summed E-state index contributed by atoms with van der Waals surface area (Å²) in [6, 6.07) is 6.95. The molecule has 0 atom stereocenters. The second-order valence-electron chi connectivity index (χ2n) is 4.87. The van der Waals surface area contributed by atoms with Crippen molar-refractivity contribution in [1.29, 1.82) is 0 Å². The molecule has 0 saturated heterocycles. The van der Waals surface area contributed by atoms with E-state index in [-0.39, 0.29) is 17.3 Å². The number of carbonyl (C=O) groups is 1. The maximum atomic E-state index is 11.9. The van der Waals surface area contributed by atoms with E-state index in [1.54, 1.807) is 24.3 Å². The molecule has 2 rings (SSSR count). The number of benzene rings is 1. The molecular weight excluding hydrogens is 242 g/mol. The number of rotatable bonds is 4. The number of amides is 1. The zero-order valence-corrected chi connectivity index (χ0v) is 11.1. The third kappa shape index (κ3) is 3.19. The highest BCUT2D eigenvalue weighted by Gasteiger charge is 2.10. The van der Waals surface area contributed by atoms with E-state index in [4.69, 9.17) is 0 Å². The number of aromatic amines is 1. The van der Waals surface area contributed by atoms with Crippen LogP contribution in [0.5, 0.6) is 0 Å². The van der Waals surface area contributed by atoms with E-state index < -0.39 is 0 Å². The van der Waals surface area contributed by atoms with Gasteiger partial charge in [0.2, 0.25) is 0 Å². The first-order valence-corrected chi connectivity index (χ1v) is 6.35. The van der Waals surface area contributed by atoms with Crippen molar-refractivity contribution in [2.45, 2.75) is 20.3 Å². The van der Waals surface area contributed by atoms with Crippen molar-refractivity contribution < 1.29 is 4.79 Å². The van der Waals surface area contributed by atoms with Gasteiger partial charge in [0.15, 0.2) is 5.82 Å². The summed E-state index contributed by atoms with van der Waals surface area (Å²) < 4.78 is 0. The third-order valence-electron chi connectivity index (χ3n) is 2.84. The molecule has 0 radical (unpaired) electrons. The van der Waals surface area contributed by atoms with Crippen molar-refractivity contribution in [2.24, 2.45) is 5.92 Å².